The third-order valence-electron chi connectivity index (χ3n) is 3.60. The second kappa shape index (κ2) is 8.34. The van der Waals surface area contributed by atoms with Gasteiger partial charge in [-0.2, -0.15) is 0 Å². The van der Waals surface area contributed by atoms with Crippen LogP contribution in [0.2, 0.25) is 0 Å². The van der Waals surface area contributed by atoms with E-state index in [0.29, 0.717) is 6.04 Å². The normalized spacial score (nSPS) is 11.4. The zero-order valence-corrected chi connectivity index (χ0v) is 12.8. The Morgan fingerprint density at radius 2 is 1.72 bits per heavy atom. The smallest absolute Gasteiger partial charge is 0.234 e. The van der Waals surface area contributed by atoms with Gasteiger partial charge in [-0.05, 0) is 33.1 Å². The maximum absolute atomic E-state index is 2.48. The number of imidazole rings is 1. The maximum Gasteiger partial charge on any atom is 0.256 e. The van der Waals surface area contributed by atoms with Gasteiger partial charge in [0.15, 0.2) is 0 Å². The third kappa shape index (κ3) is 4.47. The van der Waals surface area contributed by atoms with Crippen molar-refractivity contribution in [1.82, 2.24) is 4.57 Å². The quantitative estimate of drug-likeness (QED) is 0.457. The first-order chi connectivity index (χ1) is 8.70. The van der Waals surface area contributed by atoms with Crippen molar-refractivity contribution in [3.05, 3.63) is 18.2 Å². The minimum atomic E-state index is 0.578. The number of aryl methyl sites for hydroxylation is 1. The van der Waals surface area contributed by atoms with Crippen LogP contribution in [0.25, 0.3) is 0 Å². The van der Waals surface area contributed by atoms with E-state index >= 15 is 0 Å². The molecule has 0 bridgehead atoms. The molecule has 1 aromatic rings. The molecule has 0 amide bonds. The van der Waals surface area contributed by atoms with E-state index in [-0.39, 0.29) is 0 Å². The predicted octanol–water partition coefficient (Wildman–Crippen LogP) is 4.28. The van der Waals surface area contributed by atoms with Crippen molar-refractivity contribution in [3.8, 4) is 0 Å². The number of rotatable bonds is 9. The molecule has 2 heteroatoms. The Hall–Kier alpha value is -0.790. The zero-order chi connectivity index (χ0) is 13.4. The van der Waals surface area contributed by atoms with Gasteiger partial charge in [0, 0.05) is 6.42 Å². The Kier molecular flexibility index (Phi) is 7.07. The summed E-state index contributed by atoms with van der Waals surface area (Å²) in [6.07, 6.45) is 13.7. The summed E-state index contributed by atoms with van der Waals surface area (Å²) in [4.78, 5) is 0. The van der Waals surface area contributed by atoms with Gasteiger partial charge < -0.3 is 0 Å². The molecule has 18 heavy (non-hydrogen) atoms. The van der Waals surface area contributed by atoms with Crippen LogP contribution in [-0.2, 0) is 13.0 Å². The van der Waals surface area contributed by atoms with Gasteiger partial charge >= 0.3 is 0 Å². The lowest BCUT2D eigenvalue weighted by Gasteiger charge is -2.07. The lowest BCUT2D eigenvalue weighted by molar-refractivity contribution is -0.704. The summed E-state index contributed by atoms with van der Waals surface area (Å²) in [5, 5.41) is 0. The molecule has 0 saturated heterocycles. The number of aromatic nitrogens is 2. The molecule has 1 aromatic heterocycles. The van der Waals surface area contributed by atoms with E-state index in [0.717, 1.165) is 0 Å². The maximum atomic E-state index is 2.48. The highest BCUT2D eigenvalue weighted by Crippen LogP contribution is 2.11. The summed E-state index contributed by atoms with van der Waals surface area (Å²) >= 11 is 0. The van der Waals surface area contributed by atoms with E-state index in [4.69, 9.17) is 0 Å². The predicted molar refractivity (Wildman–Crippen MR) is 77.8 cm³/mol. The van der Waals surface area contributed by atoms with Crippen LogP contribution in [-0.4, -0.2) is 4.57 Å². The van der Waals surface area contributed by atoms with Crippen LogP contribution < -0.4 is 4.57 Å². The van der Waals surface area contributed by atoms with Crippen molar-refractivity contribution >= 4 is 0 Å². The Balaban J connectivity index is 2.68. The fourth-order valence-corrected chi connectivity index (χ4v) is 2.48. The van der Waals surface area contributed by atoms with Crippen molar-refractivity contribution < 1.29 is 4.57 Å². The van der Waals surface area contributed by atoms with E-state index in [1.807, 2.05) is 0 Å². The molecule has 2 nitrogen and oxygen atoms in total. The Labute approximate surface area is 113 Å². The molecule has 0 N–H and O–H groups in total. The molecule has 104 valence electrons. The summed E-state index contributed by atoms with van der Waals surface area (Å²) in [6.45, 7) is 10.3. The number of unbranched alkanes of at least 4 members (excludes halogenated alkanes) is 4. The van der Waals surface area contributed by atoms with Gasteiger partial charge in [0.25, 0.3) is 5.82 Å². The average molecular weight is 251 g/mol. The van der Waals surface area contributed by atoms with Crippen LogP contribution in [0.1, 0.15) is 78.1 Å². The first-order valence-corrected chi connectivity index (χ1v) is 7.79. The molecule has 1 heterocycles. The van der Waals surface area contributed by atoms with Crippen LogP contribution in [0.15, 0.2) is 12.4 Å². The molecule has 0 radical (unpaired) electrons. The molecule has 0 unspecified atom stereocenters. The highest BCUT2D eigenvalue weighted by Gasteiger charge is 2.18. The van der Waals surface area contributed by atoms with E-state index < -0.39 is 0 Å². The summed E-state index contributed by atoms with van der Waals surface area (Å²) in [5.41, 5.74) is 0. The summed E-state index contributed by atoms with van der Waals surface area (Å²) in [7, 11) is 0. The van der Waals surface area contributed by atoms with Crippen LogP contribution in [0.4, 0.5) is 0 Å². The van der Waals surface area contributed by atoms with Crippen LogP contribution in [0.5, 0.6) is 0 Å². The average Bonchev–Trinajstić information content (AvgIpc) is 2.73. The SMILES string of the molecule is CCCCCc1n(C(C)C)cc[n+]1CCCCC. The van der Waals surface area contributed by atoms with E-state index in [1.54, 1.807) is 0 Å². The van der Waals surface area contributed by atoms with Gasteiger partial charge in [0.2, 0.25) is 0 Å². The molecular formula is C16H31N2+. The van der Waals surface area contributed by atoms with Gasteiger partial charge in [-0.15, -0.1) is 0 Å². The first-order valence-electron chi connectivity index (χ1n) is 7.79. The van der Waals surface area contributed by atoms with Gasteiger partial charge in [0.1, 0.15) is 12.4 Å². The van der Waals surface area contributed by atoms with Crippen molar-refractivity contribution in [2.45, 2.75) is 85.2 Å². The standard InChI is InChI=1S/C16H31N2/c1-5-7-9-11-16-17(12-10-8-6-2)13-14-18(16)15(3)4/h13-15H,5-12H2,1-4H3/q+1. The topological polar surface area (TPSA) is 8.81 Å². The Bertz CT molecular complexity index is 326. The Morgan fingerprint density at radius 3 is 2.33 bits per heavy atom. The molecule has 0 saturated carbocycles. The number of hydrogen-bond donors (Lipinski definition) is 0. The first kappa shape index (κ1) is 15.3. The summed E-state index contributed by atoms with van der Waals surface area (Å²) < 4.78 is 4.92. The van der Waals surface area contributed by atoms with Gasteiger partial charge in [-0.1, -0.05) is 33.1 Å². The Morgan fingerprint density at radius 1 is 1.06 bits per heavy atom. The van der Waals surface area contributed by atoms with E-state index in [9.17, 15) is 0 Å². The van der Waals surface area contributed by atoms with E-state index in [2.05, 4.69) is 49.2 Å². The molecule has 0 aliphatic heterocycles. The third-order valence-corrected chi connectivity index (χ3v) is 3.60. The molecule has 0 spiro atoms. The van der Waals surface area contributed by atoms with Crippen molar-refractivity contribution in [2.24, 2.45) is 0 Å². The summed E-state index contributed by atoms with van der Waals surface area (Å²) in [6, 6.07) is 0.578. The molecule has 0 aliphatic carbocycles. The van der Waals surface area contributed by atoms with Crippen LogP contribution in [0, 0.1) is 0 Å². The minimum absolute atomic E-state index is 0.578. The molecule has 0 fully saturated rings. The lowest BCUT2D eigenvalue weighted by Crippen LogP contribution is -2.37. The fourth-order valence-electron chi connectivity index (χ4n) is 2.48. The second-order valence-corrected chi connectivity index (χ2v) is 5.57. The fraction of sp³-hybridized carbons (Fsp3) is 0.812. The molecular weight excluding hydrogens is 220 g/mol. The van der Waals surface area contributed by atoms with Crippen LogP contribution in [0.3, 0.4) is 0 Å². The molecule has 0 aromatic carbocycles. The highest BCUT2D eigenvalue weighted by molar-refractivity contribution is 4.86. The molecule has 0 aliphatic rings. The monoisotopic (exact) mass is 251 g/mol. The van der Waals surface area contributed by atoms with Gasteiger partial charge in [0.05, 0.1) is 12.6 Å². The van der Waals surface area contributed by atoms with Crippen LogP contribution >= 0.6 is 0 Å². The van der Waals surface area contributed by atoms with Gasteiger partial charge in [-0.3, -0.25) is 0 Å². The molecule has 0 atom stereocenters. The largest absolute Gasteiger partial charge is 0.256 e. The number of nitrogens with zero attached hydrogens (tertiary/aromatic N) is 2. The summed E-state index contributed by atoms with van der Waals surface area (Å²) in [5.74, 6) is 1.52. The molecule has 1 rings (SSSR count). The lowest BCUT2D eigenvalue weighted by atomic mass is 10.2. The number of hydrogen-bond acceptors (Lipinski definition) is 0. The van der Waals surface area contributed by atoms with Crippen molar-refractivity contribution in [2.75, 3.05) is 0 Å². The minimum Gasteiger partial charge on any atom is -0.234 e. The van der Waals surface area contributed by atoms with Crippen molar-refractivity contribution in [3.63, 3.8) is 0 Å². The van der Waals surface area contributed by atoms with E-state index in [1.165, 1.54) is 57.3 Å². The zero-order valence-electron chi connectivity index (χ0n) is 12.8. The van der Waals surface area contributed by atoms with Gasteiger partial charge in [-0.25, -0.2) is 9.13 Å². The van der Waals surface area contributed by atoms with Crippen molar-refractivity contribution in [1.29, 1.82) is 0 Å². The highest BCUT2D eigenvalue weighted by atomic mass is 15.2. The second-order valence-electron chi connectivity index (χ2n) is 5.57.